The Labute approximate surface area is 127 Å². The normalized spacial score (nSPS) is 10.2. The predicted octanol–water partition coefficient (Wildman–Crippen LogP) is 3.41. The average Bonchev–Trinajstić information content (AvgIpc) is 2.92. The highest BCUT2D eigenvalue weighted by Crippen LogP contribution is 2.16. The molecule has 1 amide bonds. The number of aryl methyl sites for hydroxylation is 2. The molecule has 2 rings (SSSR count). The summed E-state index contributed by atoms with van der Waals surface area (Å²) >= 11 is 1.35. The number of benzene rings is 1. The topological polar surface area (TPSA) is 55.4 Å². The molecule has 1 N–H and O–H groups in total. The van der Waals surface area contributed by atoms with E-state index in [-0.39, 0.29) is 12.5 Å². The number of hydrogen-bond acceptors (Lipinski definition) is 4. The fourth-order valence-corrected chi connectivity index (χ4v) is 2.53. The van der Waals surface area contributed by atoms with Gasteiger partial charge in [0.05, 0.1) is 0 Å². The molecular weight excluding hydrogens is 286 g/mol. The van der Waals surface area contributed by atoms with E-state index in [1.165, 1.54) is 16.9 Å². The summed E-state index contributed by atoms with van der Waals surface area (Å²) in [6.45, 7) is 3.69. The van der Waals surface area contributed by atoms with Crippen molar-refractivity contribution in [3.8, 4) is 0 Å². The Morgan fingerprint density at radius 2 is 1.86 bits per heavy atom. The van der Waals surface area contributed by atoms with Crippen LogP contribution >= 0.6 is 11.3 Å². The number of rotatable bonds is 5. The summed E-state index contributed by atoms with van der Waals surface area (Å²) in [6.07, 6.45) is 0.950. The van der Waals surface area contributed by atoms with Crippen molar-refractivity contribution in [2.45, 2.75) is 20.3 Å². The summed E-state index contributed by atoms with van der Waals surface area (Å²) in [5.41, 5.74) is 1.90. The van der Waals surface area contributed by atoms with E-state index in [2.05, 4.69) is 12.2 Å². The molecule has 21 heavy (non-hydrogen) atoms. The smallest absolute Gasteiger partial charge is 0.348 e. The van der Waals surface area contributed by atoms with Gasteiger partial charge in [-0.05, 0) is 43.2 Å². The predicted molar refractivity (Wildman–Crippen MR) is 83.8 cm³/mol. The highest BCUT2D eigenvalue weighted by atomic mass is 32.1. The summed E-state index contributed by atoms with van der Waals surface area (Å²) in [6, 6.07) is 11.1. The third kappa shape index (κ3) is 4.43. The summed E-state index contributed by atoms with van der Waals surface area (Å²) in [7, 11) is 0. The van der Waals surface area contributed by atoms with Crippen molar-refractivity contribution in [3.63, 3.8) is 0 Å². The van der Waals surface area contributed by atoms with Gasteiger partial charge in [-0.1, -0.05) is 19.1 Å². The van der Waals surface area contributed by atoms with Gasteiger partial charge in [-0.15, -0.1) is 11.3 Å². The van der Waals surface area contributed by atoms with E-state index >= 15 is 0 Å². The molecule has 110 valence electrons. The molecule has 0 aliphatic rings. The first-order chi connectivity index (χ1) is 10.1. The van der Waals surface area contributed by atoms with E-state index in [9.17, 15) is 9.59 Å². The van der Waals surface area contributed by atoms with Crippen LogP contribution < -0.4 is 5.32 Å². The van der Waals surface area contributed by atoms with Crippen molar-refractivity contribution in [1.29, 1.82) is 0 Å². The Bertz CT molecular complexity index is 631. The van der Waals surface area contributed by atoms with Crippen LogP contribution in [0.5, 0.6) is 0 Å². The Morgan fingerprint density at radius 1 is 1.14 bits per heavy atom. The quantitative estimate of drug-likeness (QED) is 0.861. The van der Waals surface area contributed by atoms with Crippen LogP contribution in [0.25, 0.3) is 0 Å². The summed E-state index contributed by atoms with van der Waals surface area (Å²) in [5.74, 6) is -0.814. The molecule has 0 unspecified atom stereocenters. The average molecular weight is 303 g/mol. The third-order valence-corrected chi connectivity index (χ3v) is 3.90. The van der Waals surface area contributed by atoms with Gasteiger partial charge in [-0.2, -0.15) is 0 Å². The molecule has 0 saturated heterocycles. The molecule has 4 nitrogen and oxygen atoms in total. The number of ether oxygens (including phenoxy) is 1. The molecule has 0 fully saturated rings. The van der Waals surface area contributed by atoms with E-state index in [1.807, 2.05) is 37.3 Å². The van der Waals surface area contributed by atoms with Crippen molar-refractivity contribution in [2.24, 2.45) is 0 Å². The first kappa shape index (κ1) is 15.3. The van der Waals surface area contributed by atoms with E-state index in [4.69, 9.17) is 4.74 Å². The standard InChI is InChI=1S/C16H17NO3S/c1-3-12-5-7-13(8-6-12)17-15(18)10-20-16(19)14-9-4-11(2)21-14/h4-9H,3,10H2,1-2H3,(H,17,18). The maximum absolute atomic E-state index is 11.7. The third-order valence-electron chi connectivity index (χ3n) is 2.92. The Balaban J connectivity index is 1.82. The van der Waals surface area contributed by atoms with E-state index in [1.54, 1.807) is 6.07 Å². The highest BCUT2D eigenvalue weighted by Gasteiger charge is 2.12. The molecule has 0 atom stereocenters. The molecular formula is C16H17NO3S. The molecule has 1 heterocycles. The zero-order valence-electron chi connectivity index (χ0n) is 12.0. The second-order valence-electron chi connectivity index (χ2n) is 4.59. The summed E-state index contributed by atoms with van der Waals surface area (Å²) < 4.78 is 4.98. The molecule has 2 aromatic rings. The lowest BCUT2D eigenvalue weighted by molar-refractivity contribution is -0.119. The Kier molecular flexibility index (Phi) is 5.11. The van der Waals surface area contributed by atoms with Crippen LogP contribution in [-0.4, -0.2) is 18.5 Å². The largest absolute Gasteiger partial charge is 0.451 e. The van der Waals surface area contributed by atoms with E-state index < -0.39 is 5.97 Å². The van der Waals surface area contributed by atoms with Crippen LogP contribution in [0.3, 0.4) is 0 Å². The zero-order valence-corrected chi connectivity index (χ0v) is 12.8. The molecule has 0 saturated carbocycles. The number of carbonyl (C=O) groups is 2. The molecule has 1 aromatic carbocycles. The summed E-state index contributed by atoms with van der Waals surface area (Å²) in [4.78, 5) is 25.0. The number of carbonyl (C=O) groups excluding carboxylic acids is 2. The number of nitrogens with one attached hydrogen (secondary N) is 1. The molecule has 0 spiro atoms. The van der Waals surface area contributed by atoms with Gasteiger partial charge in [0.25, 0.3) is 5.91 Å². The minimum Gasteiger partial charge on any atom is -0.451 e. The van der Waals surface area contributed by atoms with Crippen LogP contribution in [0.2, 0.25) is 0 Å². The molecule has 0 bridgehead atoms. The van der Waals surface area contributed by atoms with Gasteiger partial charge in [-0.3, -0.25) is 4.79 Å². The van der Waals surface area contributed by atoms with Crippen LogP contribution in [0, 0.1) is 6.92 Å². The number of amides is 1. The highest BCUT2D eigenvalue weighted by molar-refractivity contribution is 7.13. The van der Waals surface area contributed by atoms with Crippen LogP contribution in [0.4, 0.5) is 5.69 Å². The molecule has 0 aliphatic carbocycles. The maximum Gasteiger partial charge on any atom is 0.348 e. The van der Waals surface area contributed by atoms with Crippen LogP contribution in [-0.2, 0) is 16.0 Å². The Hall–Kier alpha value is -2.14. The SMILES string of the molecule is CCc1ccc(NC(=O)COC(=O)c2ccc(C)s2)cc1. The Morgan fingerprint density at radius 3 is 2.43 bits per heavy atom. The first-order valence-corrected chi connectivity index (χ1v) is 7.52. The fraction of sp³-hybridized carbons (Fsp3) is 0.250. The number of thiophene rings is 1. The molecule has 1 aromatic heterocycles. The monoisotopic (exact) mass is 303 g/mol. The minimum absolute atomic E-state index is 0.286. The lowest BCUT2D eigenvalue weighted by atomic mass is 10.1. The molecule has 0 aliphatic heterocycles. The van der Waals surface area contributed by atoms with Crippen molar-refractivity contribution in [1.82, 2.24) is 0 Å². The lowest BCUT2D eigenvalue weighted by Gasteiger charge is -2.06. The second kappa shape index (κ2) is 7.04. The van der Waals surface area contributed by atoms with Gasteiger partial charge >= 0.3 is 5.97 Å². The first-order valence-electron chi connectivity index (χ1n) is 6.71. The number of esters is 1. The van der Waals surface area contributed by atoms with Gasteiger partial charge in [0.2, 0.25) is 0 Å². The second-order valence-corrected chi connectivity index (χ2v) is 5.87. The van der Waals surface area contributed by atoms with Crippen molar-refractivity contribution >= 4 is 28.9 Å². The van der Waals surface area contributed by atoms with Gasteiger partial charge in [0.15, 0.2) is 6.61 Å². The summed E-state index contributed by atoms with van der Waals surface area (Å²) in [5, 5.41) is 2.69. The zero-order chi connectivity index (χ0) is 15.2. The van der Waals surface area contributed by atoms with Gasteiger partial charge in [-0.25, -0.2) is 4.79 Å². The lowest BCUT2D eigenvalue weighted by Crippen LogP contribution is -2.20. The van der Waals surface area contributed by atoms with Crippen molar-refractivity contribution < 1.29 is 14.3 Å². The molecule has 0 radical (unpaired) electrons. The van der Waals surface area contributed by atoms with Gasteiger partial charge < -0.3 is 10.1 Å². The van der Waals surface area contributed by atoms with Crippen LogP contribution in [0.15, 0.2) is 36.4 Å². The fourth-order valence-electron chi connectivity index (χ4n) is 1.77. The van der Waals surface area contributed by atoms with E-state index in [0.29, 0.717) is 10.6 Å². The minimum atomic E-state index is -0.468. The van der Waals surface area contributed by atoms with Crippen molar-refractivity contribution in [2.75, 3.05) is 11.9 Å². The van der Waals surface area contributed by atoms with Gasteiger partial charge in [0.1, 0.15) is 4.88 Å². The van der Waals surface area contributed by atoms with Gasteiger partial charge in [0, 0.05) is 10.6 Å². The number of hydrogen-bond donors (Lipinski definition) is 1. The van der Waals surface area contributed by atoms with Crippen LogP contribution in [0.1, 0.15) is 27.0 Å². The van der Waals surface area contributed by atoms with E-state index in [0.717, 1.165) is 11.3 Å². The number of anilines is 1. The maximum atomic E-state index is 11.7. The van der Waals surface area contributed by atoms with Crippen molar-refractivity contribution in [3.05, 3.63) is 51.7 Å². The molecule has 5 heteroatoms.